The van der Waals surface area contributed by atoms with E-state index in [0.717, 1.165) is 32.7 Å². The largest absolute Gasteiger partial charge is 0.369 e. The molecule has 0 unspecified atom stereocenters. The molecule has 1 aromatic carbocycles. The van der Waals surface area contributed by atoms with E-state index < -0.39 is 0 Å². The van der Waals surface area contributed by atoms with Gasteiger partial charge in [-0.3, -0.25) is 0 Å². The topological polar surface area (TPSA) is 32.5 Å². The molecule has 116 valence electrons. The van der Waals surface area contributed by atoms with Crippen LogP contribution in [-0.4, -0.2) is 44.7 Å². The van der Waals surface area contributed by atoms with Crippen molar-refractivity contribution in [3.05, 3.63) is 29.8 Å². The van der Waals surface area contributed by atoms with E-state index in [0.29, 0.717) is 0 Å². The summed E-state index contributed by atoms with van der Waals surface area (Å²) in [5.41, 5.74) is 9.29. The first kappa shape index (κ1) is 14.9. The molecule has 1 aliphatic carbocycles. The van der Waals surface area contributed by atoms with Gasteiger partial charge in [-0.2, -0.15) is 0 Å². The summed E-state index contributed by atoms with van der Waals surface area (Å²) in [7, 11) is 2.21. The van der Waals surface area contributed by atoms with Gasteiger partial charge in [-0.25, -0.2) is 0 Å². The van der Waals surface area contributed by atoms with Crippen molar-refractivity contribution < 1.29 is 0 Å². The van der Waals surface area contributed by atoms with Crippen molar-refractivity contribution in [2.24, 2.45) is 5.73 Å². The first-order chi connectivity index (χ1) is 10.2. The highest BCUT2D eigenvalue weighted by atomic mass is 15.2. The molecule has 2 N–H and O–H groups in total. The second kappa shape index (κ2) is 6.37. The van der Waals surface area contributed by atoms with Gasteiger partial charge in [0.25, 0.3) is 0 Å². The molecule has 0 spiro atoms. The van der Waals surface area contributed by atoms with E-state index in [1.54, 1.807) is 0 Å². The standard InChI is InChI=1S/C18H29N3/c1-20-10-12-21(13-11-20)17-7-5-6-16(14-17)18(15-19)8-3-2-4-9-18/h5-7,14H,2-4,8-13,15,19H2,1H3. The van der Waals surface area contributed by atoms with Gasteiger partial charge in [-0.1, -0.05) is 31.4 Å². The van der Waals surface area contributed by atoms with Crippen molar-refractivity contribution in [1.82, 2.24) is 4.90 Å². The second-order valence-electron chi connectivity index (χ2n) is 6.89. The Bertz CT molecular complexity index is 457. The van der Waals surface area contributed by atoms with Crippen molar-refractivity contribution in [3.8, 4) is 0 Å². The highest BCUT2D eigenvalue weighted by Gasteiger charge is 2.32. The lowest BCUT2D eigenvalue weighted by Gasteiger charge is -2.38. The smallest absolute Gasteiger partial charge is 0.0370 e. The zero-order chi connectivity index (χ0) is 14.7. The number of anilines is 1. The van der Waals surface area contributed by atoms with Crippen LogP contribution in [0.4, 0.5) is 5.69 Å². The maximum atomic E-state index is 6.20. The van der Waals surface area contributed by atoms with Crippen LogP contribution in [0.5, 0.6) is 0 Å². The molecule has 0 aromatic heterocycles. The summed E-state index contributed by atoms with van der Waals surface area (Å²) in [6, 6.07) is 9.22. The third-order valence-corrected chi connectivity index (χ3v) is 5.53. The van der Waals surface area contributed by atoms with Crippen molar-refractivity contribution in [1.29, 1.82) is 0 Å². The minimum absolute atomic E-state index is 0.237. The Morgan fingerprint density at radius 2 is 1.76 bits per heavy atom. The molecule has 0 radical (unpaired) electrons. The molecule has 0 bridgehead atoms. The van der Waals surface area contributed by atoms with Crippen molar-refractivity contribution in [2.45, 2.75) is 37.5 Å². The predicted octanol–water partition coefficient (Wildman–Crippen LogP) is 2.60. The first-order valence-corrected chi connectivity index (χ1v) is 8.48. The van der Waals surface area contributed by atoms with Crippen molar-refractivity contribution in [2.75, 3.05) is 44.7 Å². The van der Waals surface area contributed by atoms with Gasteiger partial charge in [-0.15, -0.1) is 0 Å². The molecule has 3 nitrogen and oxygen atoms in total. The summed E-state index contributed by atoms with van der Waals surface area (Å²) in [6.07, 6.45) is 6.55. The molecular weight excluding hydrogens is 258 g/mol. The molecule has 0 atom stereocenters. The third kappa shape index (κ3) is 3.09. The van der Waals surface area contributed by atoms with E-state index in [-0.39, 0.29) is 5.41 Å². The average Bonchev–Trinajstić information content (AvgIpc) is 2.56. The molecular formula is C18H29N3. The fraction of sp³-hybridized carbons (Fsp3) is 0.667. The summed E-state index contributed by atoms with van der Waals surface area (Å²) in [5, 5.41) is 0. The Balaban J connectivity index is 1.82. The lowest BCUT2D eigenvalue weighted by Crippen LogP contribution is -2.44. The Kier molecular flexibility index (Phi) is 4.51. The summed E-state index contributed by atoms with van der Waals surface area (Å²) in [6.45, 7) is 5.38. The Hall–Kier alpha value is -1.06. The van der Waals surface area contributed by atoms with Gasteiger partial charge < -0.3 is 15.5 Å². The second-order valence-corrected chi connectivity index (χ2v) is 6.89. The zero-order valence-corrected chi connectivity index (χ0v) is 13.4. The summed E-state index contributed by atoms with van der Waals surface area (Å²) in [5.74, 6) is 0. The number of rotatable bonds is 3. The van der Waals surface area contributed by atoms with Gasteiger partial charge >= 0.3 is 0 Å². The highest BCUT2D eigenvalue weighted by Crippen LogP contribution is 2.39. The van der Waals surface area contributed by atoms with Crippen LogP contribution in [-0.2, 0) is 5.41 Å². The molecule has 1 heterocycles. The Labute approximate surface area is 129 Å². The fourth-order valence-electron chi connectivity index (χ4n) is 3.94. The van der Waals surface area contributed by atoms with Gasteiger partial charge in [0.15, 0.2) is 0 Å². The van der Waals surface area contributed by atoms with Crippen LogP contribution in [0.1, 0.15) is 37.7 Å². The number of hydrogen-bond donors (Lipinski definition) is 1. The summed E-state index contributed by atoms with van der Waals surface area (Å²) < 4.78 is 0. The maximum Gasteiger partial charge on any atom is 0.0370 e. The molecule has 1 aliphatic heterocycles. The number of piperazine rings is 1. The van der Waals surface area contributed by atoms with Crippen LogP contribution in [0.2, 0.25) is 0 Å². The minimum Gasteiger partial charge on any atom is -0.369 e. The van der Waals surface area contributed by atoms with Crippen LogP contribution in [0, 0.1) is 0 Å². The lowest BCUT2D eigenvalue weighted by molar-refractivity contribution is 0.300. The highest BCUT2D eigenvalue weighted by molar-refractivity contribution is 5.51. The van der Waals surface area contributed by atoms with E-state index in [4.69, 9.17) is 5.73 Å². The molecule has 0 amide bonds. The number of benzene rings is 1. The molecule has 21 heavy (non-hydrogen) atoms. The summed E-state index contributed by atoms with van der Waals surface area (Å²) >= 11 is 0. The summed E-state index contributed by atoms with van der Waals surface area (Å²) in [4.78, 5) is 4.93. The van der Waals surface area contributed by atoms with Crippen LogP contribution >= 0.6 is 0 Å². The van der Waals surface area contributed by atoms with Crippen LogP contribution in [0.15, 0.2) is 24.3 Å². The van der Waals surface area contributed by atoms with Gasteiger partial charge in [0.1, 0.15) is 0 Å². The lowest BCUT2D eigenvalue weighted by atomic mass is 9.69. The molecule has 3 rings (SSSR count). The molecule has 1 saturated heterocycles. The number of likely N-dealkylation sites (N-methyl/N-ethyl adjacent to an activating group) is 1. The predicted molar refractivity (Wildman–Crippen MR) is 90.0 cm³/mol. The average molecular weight is 287 g/mol. The van der Waals surface area contributed by atoms with Crippen LogP contribution in [0.3, 0.4) is 0 Å². The molecule has 2 aliphatic rings. The van der Waals surface area contributed by atoms with Gasteiger partial charge in [0.05, 0.1) is 0 Å². The van der Waals surface area contributed by atoms with E-state index >= 15 is 0 Å². The SMILES string of the molecule is CN1CCN(c2cccc(C3(CN)CCCCC3)c2)CC1. The van der Waals surface area contributed by atoms with Gasteiger partial charge in [0, 0.05) is 43.8 Å². The van der Waals surface area contributed by atoms with Crippen molar-refractivity contribution in [3.63, 3.8) is 0 Å². The number of hydrogen-bond acceptors (Lipinski definition) is 3. The van der Waals surface area contributed by atoms with Gasteiger partial charge in [0.2, 0.25) is 0 Å². The number of nitrogens with two attached hydrogens (primary N) is 1. The minimum atomic E-state index is 0.237. The molecule has 1 saturated carbocycles. The molecule has 2 fully saturated rings. The molecule has 1 aromatic rings. The normalized spacial score (nSPS) is 23.2. The fourth-order valence-corrected chi connectivity index (χ4v) is 3.94. The van der Waals surface area contributed by atoms with Crippen LogP contribution < -0.4 is 10.6 Å². The number of nitrogens with zero attached hydrogens (tertiary/aromatic N) is 2. The zero-order valence-electron chi connectivity index (χ0n) is 13.4. The van der Waals surface area contributed by atoms with Gasteiger partial charge in [-0.05, 0) is 37.6 Å². The first-order valence-electron chi connectivity index (χ1n) is 8.48. The quantitative estimate of drug-likeness (QED) is 0.927. The Morgan fingerprint density at radius 3 is 2.43 bits per heavy atom. The van der Waals surface area contributed by atoms with Crippen molar-refractivity contribution >= 4 is 5.69 Å². The maximum absolute atomic E-state index is 6.20. The monoisotopic (exact) mass is 287 g/mol. The Morgan fingerprint density at radius 1 is 1.05 bits per heavy atom. The van der Waals surface area contributed by atoms with E-state index in [2.05, 4.69) is 41.1 Å². The van der Waals surface area contributed by atoms with E-state index in [1.165, 1.54) is 43.4 Å². The van der Waals surface area contributed by atoms with E-state index in [9.17, 15) is 0 Å². The third-order valence-electron chi connectivity index (χ3n) is 5.53. The molecule has 3 heteroatoms. The van der Waals surface area contributed by atoms with Crippen LogP contribution in [0.25, 0.3) is 0 Å². The van der Waals surface area contributed by atoms with E-state index in [1.807, 2.05) is 0 Å².